The van der Waals surface area contributed by atoms with Gasteiger partial charge in [-0.3, -0.25) is 0 Å². The van der Waals surface area contributed by atoms with Crippen LogP contribution in [0.25, 0.3) is 0 Å². The van der Waals surface area contributed by atoms with Crippen molar-refractivity contribution >= 4 is 0 Å². The van der Waals surface area contributed by atoms with E-state index < -0.39 is 11.6 Å². The fraction of sp³-hybridized carbons (Fsp3) is 0.600. The van der Waals surface area contributed by atoms with Gasteiger partial charge in [-0.2, -0.15) is 0 Å². The van der Waals surface area contributed by atoms with Crippen LogP contribution in [0.3, 0.4) is 0 Å². The summed E-state index contributed by atoms with van der Waals surface area (Å²) in [4.78, 5) is 0. The van der Waals surface area contributed by atoms with Crippen molar-refractivity contribution in [3.8, 4) is 5.75 Å². The molecule has 1 aromatic carbocycles. The molecule has 1 aliphatic rings. The number of benzene rings is 1. The summed E-state index contributed by atoms with van der Waals surface area (Å²) < 4.78 is 31.7. The van der Waals surface area contributed by atoms with Gasteiger partial charge in [0.25, 0.3) is 0 Å². The summed E-state index contributed by atoms with van der Waals surface area (Å²) in [6, 6.07) is 4.36. The Morgan fingerprint density at radius 2 is 1.79 bits per heavy atom. The molecule has 0 bridgehead atoms. The van der Waals surface area contributed by atoms with Crippen LogP contribution in [-0.4, -0.2) is 19.2 Å². The van der Waals surface area contributed by atoms with Crippen molar-refractivity contribution in [2.24, 2.45) is 0 Å². The molecule has 19 heavy (non-hydrogen) atoms. The molecule has 4 heteroatoms. The molecular weight excluding hydrogens is 248 g/mol. The second kappa shape index (κ2) is 7.43. The maximum Gasteiger partial charge on any atom is 0.190 e. The molecule has 0 aliphatic heterocycles. The first-order valence-electron chi connectivity index (χ1n) is 7.07. The van der Waals surface area contributed by atoms with Gasteiger partial charge in [-0.25, -0.2) is 8.78 Å². The first-order chi connectivity index (χ1) is 9.27. The van der Waals surface area contributed by atoms with Crippen molar-refractivity contribution in [3.63, 3.8) is 0 Å². The summed E-state index contributed by atoms with van der Waals surface area (Å²) >= 11 is 0. The Bertz CT molecular complexity index is 371. The van der Waals surface area contributed by atoms with Gasteiger partial charge < -0.3 is 10.1 Å². The lowest BCUT2D eigenvalue weighted by molar-refractivity contribution is 0.271. The molecule has 0 spiro atoms. The summed E-state index contributed by atoms with van der Waals surface area (Å²) in [6.45, 7) is 1.16. The predicted octanol–water partition coefficient (Wildman–Crippen LogP) is 3.66. The summed E-state index contributed by atoms with van der Waals surface area (Å²) in [5, 5.41) is 3.47. The van der Waals surface area contributed by atoms with Crippen LogP contribution in [0.4, 0.5) is 8.78 Å². The average Bonchev–Trinajstić information content (AvgIpc) is 2.42. The van der Waals surface area contributed by atoms with Crippen LogP contribution >= 0.6 is 0 Å². The molecule has 0 aromatic heterocycles. The van der Waals surface area contributed by atoms with E-state index >= 15 is 0 Å². The number of hydrogen-bond acceptors (Lipinski definition) is 2. The van der Waals surface area contributed by atoms with Gasteiger partial charge in [0.05, 0.1) is 6.61 Å². The maximum atomic E-state index is 13.3. The fourth-order valence-corrected chi connectivity index (χ4v) is 2.48. The summed E-state index contributed by atoms with van der Waals surface area (Å²) in [6.07, 6.45) is 7.17. The van der Waals surface area contributed by atoms with E-state index in [9.17, 15) is 8.78 Å². The third kappa shape index (κ3) is 4.46. The Kier molecular flexibility index (Phi) is 5.58. The molecular formula is C15H21F2NO. The monoisotopic (exact) mass is 269 g/mol. The molecule has 2 rings (SSSR count). The fourth-order valence-electron chi connectivity index (χ4n) is 2.48. The van der Waals surface area contributed by atoms with E-state index in [1.54, 1.807) is 0 Å². The Morgan fingerprint density at radius 1 is 1.11 bits per heavy atom. The lowest BCUT2D eigenvalue weighted by atomic mass is 9.95. The largest absolute Gasteiger partial charge is 0.488 e. The number of hydrogen-bond donors (Lipinski definition) is 1. The standard InChI is InChI=1S/C15H21F2NO/c16-13-8-4-9-14(17)15(13)19-11-5-10-18-12-6-2-1-3-7-12/h4,8-9,12,18H,1-3,5-7,10-11H2. The molecule has 1 aliphatic carbocycles. The summed E-state index contributed by atoms with van der Waals surface area (Å²) in [5.74, 6) is -1.54. The van der Waals surface area contributed by atoms with Gasteiger partial charge in [0.1, 0.15) is 0 Å². The van der Waals surface area contributed by atoms with Crippen LogP contribution in [0.1, 0.15) is 38.5 Å². The van der Waals surface area contributed by atoms with Crippen molar-refractivity contribution in [1.82, 2.24) is 5.32 Å². The maximum absolute atomic E-state index is 13.3. The number of halogens is 2. The number of ether oxygens (including phenoxy) is 1. The third-order valence-electron chi connectivity index (χ3n) is 3.52. The minimum absolute atomic E-state index is 0.264. The van der Waals surface area contributed by atoms with Crippen LogP contribution in [0.5, 0.6) is 5.75 Å². The normalized spacial score (nSPS) is 16.5. The minimum atomic E-state index is -0.639. The quantitative estimate of drug-likeness (QED) is 0.796. The molecule has 1 aromatic rings. The third-order valence-corrected chi connectivity index (χ3v) is 3.52. The number of rotatable bonds is 6. The minimum Gasteiger partial charge on any atom is -0.488 e. The molecule has 0 unspecified atom stereocenters. The van der Waals surface area contributed by atoms with E-state index in [0.29, 0.717) is 12.6 Å². The zero-order valence-corrected chi connectivity index (χ0v) is 11.1. The topological polar surface area (TPSA) is 21.3 Å². The van der Waals surface area contributed by atoms with Gasteiger partial charge in [0.15, 0.2) is 17.4 Å². The second-order valence-corrected chi connectivity index (χ2v) is 5.04. The van der Waals surface area contributed by atoms with Crippen LogP contribution in [-0.2, 0) is 0 Å². The van der Waals surface area contributed by atoms with Crippen molar-refractivity contribution in [2.45, 2.75) is 44.6 Å². The lowest BCUT2D eigenvalue weighted by Crippen LogP contribution is -2.32. The highest BCUT2D eigenvalue weighted by atomic mass is 19.1. The highest BCUT2D eigenvalue weighted by Gasteiger charge is 2.12. The molecule has 0 heterocycles. The van der Waals surface area contributed by atoms with Crippen molar-refractivity contribution in [3.05, 3.63) is 29.8 Å². The molecule has 1 saturated carbocycles. The molecule has 0 saturated heterocycles. The zero-order chi connectivity index (χ0) is 13.5. The Morgan fingerprint density at radius 3 is 2.47 bits per heavy atom. The van der Waals surface area contributed by atoms with E-state index in [1.165, 1.54) is 50.3 Å². The van der Waals surface area contributed by atoms with Crippen LogP contribution < -0.4 is 10.1 Å². The first kappa shape index (κ1) is 14.3. The van der Waals surface area contributed by atoms with E-state index in [2.05, 4.69) is 5.32 Å². The van der Waals surface area contributed by atoms with Gasteiger partial charge in [0, 0.05) is 6.04 Å². The molecule has 2 nitrogen and oxygen atoms in total. The van der Waals surface area contributed by atoms with Crippen LogP contribution in [0.2, 0.25) is 0 Å². The van der Waals surface area contributed by atoms with Crippen molar-refractivity contribution in [2.75, 3.05) is 13.2 Å². The Balaban J connectivity index is 1.63. The lowest BCUT2D eigenvalue weighted by Gasteiger charge is -2.22. The highest BCUT2D eigenvalue weighted by molar-refractivity contribution is 5.25. The predicted molar refractivity (Wildman–Crippen MR) is 71.3 cm³/mol. The molecule has 1 fully saturated rings. The van der Waals surface area contributed by atoms with Crippen LogP contribution in [0, 0.1) is 11.6 Å². The number of nitrogens with one attached hydrogen (secondary N) is 1. The Hall–Kier alpha value is -1.16. The second-order valence-electron chi connectivity index (χ2n) is 5.04. The van der Waals surface area contributed by atoms with Gasteiger partial charge in [-0.1, -0.05) is 25.3 Å². The van der Waals surface area contributed by atoms with Crippen molar-refractivity contribution < 1.29 is 13.5 Å². The first-order valence-corrected chi connectivity index (χ1v) is 7.07. The van der Waals surface area contributed by atoms with Gasteiger partial charge in [-0.05, 0) is 37.9 Å². The molecule has 0 atom stereocenters. The molecule has 0 amide bonds. The summed E-state index contributed by atoms with van der Waals surface area (Å²) in [5.41, 5.74) is 0. The van der Waals surface area contributed by atoms with E-state index in [-0.39, 0.29) is 5.75 Å². The van der Waals surface area contributed by atoms with Gasteiger partial charge in [-0.15, -0.1) is 0 Å². The Labute approximate surface area is 113 Å². The zero-order valence-electron chi connectivity index (χ0n) is 11.1. The van der Waals surface area contributed by atoms with E-state index in [4.69, 9.17) is 4.74 Å². The molecule has 106 valence electrons. The van der Waals surface area contributed by atoms with E-state index in [1.807, 2.05) is 0 Å². The smallest absolute Gasteiger partial charge is 0.190 e. The van der Waals surface area contributed by atoms with Crippen LogP contribution in [0.15, 0.2) is 18.2 Å². The molecule has 0 radical (unpaired) electrons. The summed E-state index contributed by atoms with van der Waals surface area (Å²) in [7, 11) is 0. The van der Waals surface area contributed by atoms with Gasteiger partial charge in [0.2, 0.25) is 0 Å². The van der Waals surface area contributed by atoms with E-state index in [0.717, 1.165) is 13.0 Å². The highest BCUT2D eigenvalue weighted by Crippen LogP contribution is 2.21. The molecule has 1 N–H and O–H groups in total. The average molecular weight is 269 g/mol. The SMILES string of the molecule is Fc1cccc(F)c1OCCCNC1CCCCC1. The van der Waals surface area contributed by atoms with Crippen molar-refractivity contribution in [1.29, 1.82) is 0 Å². The number of para-hydroxylation sites is 1. The van der Waals surface area contributed by atoms with Gasteiger partial charge >= 0.3 is 0 Å².